The lowest BCUT2D eigenvalue weighted by Crippen LogP contribution is -2.38. The molecule has 1 rings (SSSR count). The summed E-state index contributed by atoms with van der Waals surface area (Å²) in [5.74, 6) is 0.385. The van der Waals surface area contributed by atoms with Gasteiger partial charge in [0.05, 0.1) is 5.69 Å². The topological polar surface area (TPSA) is 85.8 Å². The third kappa shape index (κ3) is 4.83. The molecule has 18 heavy (non-hydrogen) atoms. The van der Waals surface area contributed by atoms with Crippen LogP contribution in [0.25, 0.3) is 0 Å². The number of carbonyl (C=O) groups is 1. The van der Waals surface area contributed by atoms with E-state index in [1.54, 1.807) is 10.9 Å². The zero-order valence-electron chi connectivity index (χ0n) is 11.4. The minimum Gasteiger partial charge on any atom is -0.352 e. The van der Waals surface area contributed by atoms with Crippen molar-refractivity contribution in [3.63, 3.8) is 0 Å². The number of rotatable bonds is 7. The second-order valence-corrected chi connectivity index (χ2v) is 4.90. The van der Waals surface area contributed by atoms with Crippen LogP contribution in [0.1, 0.15) is 32.9 Å². The first-order valence-corrected chi connectivity index (χ1v) is 6.41. The molecule has 1 unspecified atom stereocenters. The van der Waals surface area contributed by atoms with E-state index >= 15 is 0 Å². The number of hydrogen-bond donors (Lipinski definition) is 2. The number of carbonyl (C=O) groups excluding carboxylic acids is 1. The fourth-order valence-corrected chi connectivity index (χ4v) is 1.43. The van der Waals surface area contributed by atoms with Crippen LogP contribution in [0.3, 0.4) is 0 Å². The Morgan fingerprint density at radius 1 is 1.50 bits per heavy atom. The van der Waals surface area contributed by atoms with Gasteiger partial charge in [-0.3, -0.25) is 4.79 Å². The molecule has 1 amide bonds. The van der Waals surface area contributed by atoms with Gasteiger partial charge in [-0.25, -0.2) is 4.68 Å². The van der Waals surface area contributed by atoms with Crippen molar-refractivity contribution in [3.8, 4) is 0 Å². The number of amides is 1. The molecule has 0 aliphatic rings. The molecule has 0 bridgehead atoms. The quantitative estimate of drug-likeness (QED) is 0.733. The predicted molar refractivity (Wildman–Crippen MR) is 69.8 cm³/mol. The predicted octanol–water partition coefficient (Wildman–Crippen LogP) is 0.330. The molecule has 102 valence electrons. The summed E-state index contributed by atoms with van der Waals surface area (Å²) in [5, 5.41) is 10.9. The van der Waals surface area contributed by atoms with Gasteiger partial charge in [0.25, 0.3) is 0 Å². The average molecular weight is 253 g/mol. The molecule has 0 aromatic carbocycles. The molecule has 1 heterocycles. The highest BCUT2D eigenvalue weighted by molar-refractivity contribution is 5.75. The van der Waals surface area contributed by atoms with Gasteiger partial charge in [0.15, 0.2) is 0 Å². The van der Waals surface area contributed by atoms with Crippen molar-refractivity contribution in [1.82, 2.24) is 20.3 Å². The number of aryl methyl sites for hydroxylation is 1. The normalized spacial score (nSPS) is 12.7. The zero-order chi connectivity index (χ0) is 13.5. The van der Waals surface area contributed by atoms with Gasteiger partial charge < -0.3 is 11.1 Å². The second-order valence-electron chi connectivity index (χ2n) is 4.90. The third-order valence-electron chi connectivity index (χ3n) is 2.92. The van der Waals surface area contributed by atoms with Crippen molar-refractivity contribution in [2.75, 3.05) is 6.54 Å². The van der Waals surface area contributed by atoms with Crippen LogP contribution in [0.15, 0.2) is 6.20 Å². The van der Waals surface area contributed by atoms with Crippen molar-refractivity contribution in [2.45, 2.75) is 46.2 Å². The molecule has 3 N–H and O–H groups in total. The van der Waals surface area contributed by atoms with Crippen LogP contribution >= 0.6 is 0 Å². The second kappa shape index (κ2) is 7.10. The highest BCUT2D eigenvalue weighted by Crippen LogP contribution is 2.00. The van der Waals surface area contributed by atoms with Crippen LogP contribution in [-0.4, -0.2) is 33.5 Å². The highest BCUT2D eigenvalue weighted by atomic mass is 16.2. The molecule has 1 atom stereocenters. The van der Waals surface area contributed by atoms with Gasteiger partial charge in [-0.15, -0.1) is 5.10 Å². The molecule has 0 saturated heterocycles. The molecule has 6 heteroatoms. The molecule has 1 aromatic heterocycles. The number of nitrogens with zero attached hydrogens (tertiary/aromatic N) is 3. The summed E-state index contributed by atoms with van der Waals surface area (Å²) >= 11 is 0. The van der Waals surface area contributed by atoms with Crippen LogP contribution in [0.2, 0.25) is 0 Å². The summed E-state index contributed by atoms with van der Waals surface area (Å²) in [6.45, 7) is 7.00. The Balaban J connectivity index is 2.42. The fourth-order valence-electron chi connectivity index (χ4n) is 1.43. The van der Waals surface area contributed by atoms with Gasteiger partial charge >= 0.3 is 0 Å². The Kier molecular flexibility index (Phi) is 5.77. The van der Waals surface area contributed by atoms with Gasteiger partial charge in [0.1, 0.15) is 6.54 Å². The van der Waals surface area contributed by atoms with Crippen LogP contribution in [-0.2, 0) is 17.8 Å². The highest BCUT2D eigenvalue weighted by Gasteiger charge is 2.11. The molecular weight excluding hydrogens is 230 g/mol. The molecule has 6 nitrogen and oxygen atoms in total. The van der Waals surface area contributed by atoms with E-state index in [2.05, 4.69) is 29.5 Å². The van der Waals surface area contributed by atoms with E-state index in [0.717, 1.165) is 18.5 Å². The maximum absolute atomic E-state index is 11.7. The van der Waals surface area contributed by atoms with Crippen molar-refractivity contribution in [2.24, 2.45) is 11.7 Å². The SMILES string of the molecule is CC(C)C(C)NC(=O)Cn1cc(CCCN)nn1. The van der Waals surface area contributed by atoms with Crippen molar-refractivity contribution in [1.29, 1.82) is 0 Å². The molecule has 0 radical (unpaired) electrons. The number of nitrogens with one attached hydrogen (secondary N) is 1. The Hall–Kier alpha value is -1.43. The van der Waals surface area contributed by atoms with E-state index in [9.17, 15) is 4.79 Å². The summed E-state index contributed by atoms with van der Waals surface area (Å²) in [4.78, 5) is 11.7. The Morgan fingerprint density at radius 2 is 2.22 bits per heavy atom. The number of nitrogens with two attached hydrogens (primary N) is 1. The Bertz CT molecular complexity index is 374. The summed E-state index contributed by atoms with van der Waals surface area (Å²) in [6.07, 6.45) is 3.49. The van der Waals surface area contributed by atoms with Crippen LogP contribution < -0.4 is 11.1 Å². The van der Waals surface area contributed by atoms with E-state index < -0.39 is 0 Å². The standard InChI is InChI=1S/C12H23N5O/c1-9(2)10(3)14-12(18)8-17-7-11(15-16-17)5-4-6-13/h7,9-10H,4-6,8,13H2,1-3H3,(H,14,18). The van der Waals surface area contributed by atoms with Crippen molar-refractivity contribution < 1.29 is 4.79 Å². The van der Waals surface area contributed by atoms with Crippen molar-refractivity contribution in [3.05, 3.63) is 11.9 Å². The molecule has 0 spiro atoms. The fraction of sp³-hybridized carbons (Fsp3) is 0.750. The number of hydrogen-bond acceptors (Lipinski definition) is 4. The van der Waals surface area contributed by atoms with Gasteiger partial charge in [-0.1, -0.05) is 19.1 Å². The maximum Gasteiger partial charge on any atom is 0.242 e. The van der Waals surface area contributed by atoms with Crippen LogP contribution in [0.5, 0.6) is 0 Å². The van der Waals surface area contributed by atoms with Crippen LogP contribution in [0, 0.1) is 5.92 Å². The molecule has 0 aliphatic carbocycles. The first kappa shape index (κ1) is 14.6. The van der Waals surface area contributed by atoms with E-state index in [-0.39, 0.29) is 18.5 Å². The monoisotopic (exact) mass is 253 g/mol. The zero-order valence-corrected chi connectivity index (χ0v) is 11.4. The molecule has 1 aromatic rings. The minimum atomic E-state index is -0.0357. The molecule has 0 fully saturated rings. The number of aromatic nitrogens is 3. The largest absolute Gasteiger partial charge is 0.352 e. The molecular formula is C12H23N5O. The Labute approximate surface area is 108 Å². The van der Waals surface area contributed by atoms with E-state index in [4.69, 9.17) is 5.73 Å². The van der Waals surface area contributed by atoms with E-state index in [0.29, 0.717) is 12.5 Å². The lowest BCUT2D eigenvalue weighted by atomic mass is 10.1. The summed E-state index contributed by atoms with van der Waals surface area (Å²) in [7, 11) is 0. The van der Waals surface area contributed by atoms with Crippen LogP contribution in [0.4, 0.5) is 0 Å². The van der Waals surface area contributed by atoms with Gasteiger partial charge in [-0.2, -0.15) is 0 Å². The lowest BCUT2D eigenvalue weighted by molar-refractivity contribution is -0.122. The molecule has 0 saturated carbocycles. The van der Waals surface area contributed by atoms with Gasteiger partial charge in [0, 0.05) is 12.2 Å². The smallest absolute Gasteiger partial charge is 0.242 e. The first-order chi connectivity index (χ1) is 8.52. The summed E-state index contributed by atoms with van der Waals surface area (Å²) < 4.78 is 1.56. The van der Waals surface area contributed by atoms with E-state index in [1.807, 2.05) is 6.92 Å². The molecule has 0 aliphatic heterocycles. The third-order valence-corrected chi connectivity index (χ3v) is 2.92. The lowest BCUT2D eigenvalue weighted by Gasteiger charge is -2.17. The van der Waals surface area contributed by atoms with Gasteiger partial charge in [0.2, 0.25) is 5.91 Å². The summed E-state index contributed by atoms with van der Waals surface area (Å²) in [6, 6.07) is 0.165. The minimum absolute atomic E-state index is 0.0357. The van der Waals surface area contributed by atoms with E-state index in [1.165, 1.54) is 0 Å². The van der Waals surface area contributed by atoms with Gasteiger partial charge in [-0.05, 0) is 32.2 Å². The Morgan fingerprint density at radius 3 is 2.83 bits per heavy atom. The average Bonchev–Trinajstić information content (AvgIpc) is 2.73. The van der Waals surface area contributed by atoms with Crippen molar-refractivity contribution >= 4 is 5.91 Å². The first-order valence-electron chi connectivity index (χ1n) is 6.41. The summed E-state index contributed by atoms with van der Waals surface area (Å²) in [5.41, 5.74) is 6.31. The maximum atomic E-state index is 11.7.